The highest BCUT2D eigenvalue weighted by atomic mass is 32.2. The number of allylic oxidation sites excluding steroid dienone is 1. The molecule has 26 heavy (non-hydrogen) atoms. The van der Waals surface area contributed by atoms with Crippen LogP contribution in [0, 0.1) is 0 Å². The number of aliphatic hydroxyl groups is 1. The molecule has 0 fully saturated rings. The van der Waals surface area contributed by atoms with Crippen LogP contribution in [0.15, 0.2) is 42.5 Å². The minimum absolute atomic E-state index is 0.0255. The molecule has 0 heterocycles. The molecule has 0 bridgehead atoms. The van der Waals surface area contributed by atoms with E-state index in [0.717, 1.165) is 11.6 Å². The van der Waals surface area contributed by atoms with Crippen LogP contribution in [0.2, 0.25) is 25.7 Å². The van der Waals surface area contributed by atoms with Crippen molar-refractivity contribution in [2.24, 2.45) is 0 Å². The summed E-state index contributed by atoms with van der Waals surface area (Å²) in [5.74, 6) is 0.294. The van der Waals surface area contributed by atoms with E-state index in [1.165, 1.54) is 11.8 Å². The monoisotopic (exact) mass is 394 g/mol. The van der Waals surface area contributed by atoms with E-state index in [-0.39, 0.29) is 17.5 Å². The van der Waals surface area contributed by atoms with Crippen molar-refractivity contribution in [2.75, 3.05) is 12.4 Å². The molecule has 4 nitrogen and oxygen atoms in total. The van der Waals surface area contributed by atoms with Crippen LogP contribution in [0.3, 0.4) is 0 Å². The third-order valence-electron chi connectivity index (χ3n) is 3.59. The van der Waals surface area contributed by atoms with Crippen LogP contribution >= 0.6 is 11.8 Å². The molecule has 0 aliphatic rings. The first kappa shape index (κ1) is 22.7. The van der Waals surface area contributed by atoms with Gasteiger partial charge in [0.15, 0.2) is 5.12 Å². The summed E-state index contributed by atoms with van der Waals surface area (Å²) in [4.78, 5) is 23.5. The predicted octanol–water partition coefficient (Wildman–Crippen LogP) is 4.07. The lowest BCUT2D eigenvalue weighted by molar-refractivity contribution is -0.144. The molecular weight excluding hydrogens is 364 g/mol. The van der Waals surface area contributed by atoms with Gasteiger partial charge in [-0.2, -0.15) is 0 Å². The standard InChI is InChI=1S/C20H30O4SSi/c1-26(2,3)14-12-24-19(22)16-18(21)11-7-8-13-25-20(23)15-17-9-5-4-6-10-17/h4-7,9-11,18,21H,8,12-16H2,1-3H3/b11-7+/t18-/m1/s1. The minimum Gasteiger partial charge on any atom is -0.466 e. The number of esters is 1. The van der Waals surface area contributed by atoms with Crippen molar-refractivity contribution in [1.29, 1.82) is 0 Å². The van der Waals surface area contributed by atoms with E-state index in [1.807, 2.05) is 36.4 Å². The van der Waals surface area contributed by atoms with Crippen LogP contribution < -0.4 is 0 Å². The summed E-state index contributed by atoms with van der Waals surface area (Å²) in [6, 6.07) is 10.6. The maximum Gasteiger partial charge on any atom is 0.308 e. The number of ether oxygens (including phenoxy) is 1. The summed E-state index contributed by atoms with van der Waals surface area (Å²) in [5, 5.41) is 9.96. The van der Waals surface area contributed by atoms with Gasteiger partial charge in [-0.1, -0.05) is 73.9 Å². The van der Waals surface area contributed by atoms with Gasteiger partial charge in [0.2, 0.25) is 0 Å². The third kappa shape index (κ3) is 12.1. The Labute approximate surface area is 162 Å². The van der Waals surface area contributed by atoms with E-state index in [9.17, 15) is 14.7 Å². The second-order valence-corrected chi connectivity index (χ2v) is 14.2. The Hall–Kier alpha value is -1.37. The van der Waals surface area contributed by atoms with Crippen molar-refractivity contribution in [2.45, 2.75) is 51.1 Å². The molecule has 6 heteroatoms. The maximum atomic E-state index is 11.9. The number of aliphatic hydroxyl groups excluding tert-OH is 1. The quantitative estimate of drug-likeness (QED) is 0.265. The molecule has 1 rings (SSSR count). The van der Waals surface area contributed by atoms with Crippen molar-refractivity contribution in [3.05, 3.63) is 48.0 Å². The van der Waals surface area contributed by atoms with Gasteiger partial charge >= 0.3 is 5.97 Å². The molecule has 1 atom stereocenters. The number of hydrogen-bond acceptors (Lipinski definition) is 5. The van der Waals surface area contributed by atoms with Gasteiger partial charge in [0.05, 0.1) is 19.1 Å². The molecular formula is C20H30O4SSi. The Morgan fingerprint density at radius 1 is 1.23 bits per heavy atom. The maximum absolute atomic E-state index is 11.9. The van der Waals surface area contributed by atoms with Crippen molar-refractivity contribution in [3.63, 3.8) is 0 Å². The molecule has 0 spiro atoms. The van der Waals surface area contributed by atoms with Crippen LogP contribution in [-0.4, -0.2) is 42.7 Å². The fourth-order valence-electron chi connectivity index (χ4n) is 2.08. The molecule has 0 radical (unpaired) electrons. The lowest BCUT2D eigenvalue weighted by Crippen LogP contribution is -2.23. The van der Waals surface area contributed by atoms with Crippen molar-refractivity contribution in [3.8, 4) is 0 Å². The summed E-state index contributed by atoms with van der Waals surface area (Å²) in [5.41, 5.74) is 1.02. The minimum atomic E-state index is -1.21. The average molecular weight is 395 g/mol. The summed E-state index contributed by atoms with van der Waals surface area (Å²) >= 11 is 1.29. The smallest absolute Gasteiger partial charge is 0.308 e. The molecule has 0 aliphatic heterocycles. The summed E-state index contributed by atoms with van der Waals surface area (Å²) in [6.45, 7) is 7.11. The molecule has 144 valence electrons. The lowest BCUT2D eigenvalue weighted by atomic mass is 10.2. The molecule has 1 aromatic rings. The van der Waals surface area contributed by atoms with Gasteiger partial charge in [-0.05, 0) is 18.0 Å². The molecule has 0 amide bonds. The Bertz CT molecular complexity index is 581. The average Bonchev–Trinajstić information content (AvgIpc) is 2.54. The zero-order chi connectivity index (χ0) is 19.4. The van der Waals surface area contributed by atoms with E-state index in [2.05, 4.69) is 19.6 Å². The zero-order valence-corrected chi connectivity index (χ0v) is 17.8. The van der Waals surface area contributed by atoms with Gasteiger partial charge in [0.1, 0.15) is 0 Å². The highest BCUT2D eigenvalue weighted by Gasteiger charge is 2.15. The molecule has 0 saturated carbocycles. The Morgan fingerprint density at radius 3 is 2.58 bits per heavy atom. The molecule has 0 aliphatic carbocycles. The fraction of sp³-hybridized carbons (Fsp3) is 0.500. The van der Waals surface area contributed by atoms with Gasteiger partial charge in [0, 0.05) is 20.2 Å². The molecule has 1 N–H and O–H groups in total. The van der Waals surface area contributed by atoms with Crippen LogP contribution in [0.1, 0.15) is 18.4 Å². The number of benzene rings is 1. The van der Waals surface area contributed by atoms with Gasteiger partial charge < -0.3 is 9.84 Å². The van der Waals surface area contributed by atoms with E-state index >= 15 is 0 Å². The largest absolute Gasteiger partial charge is 0.466 e. The molecule has 1 aromatic carbocycles. The topological polar surface area (TPSA) is 63.6 Å². The SMILES string of the molecule is C[Si](C)(C)CCOC(=O)C[C@H](O)/C=C/CCSC(=O)Cc1ccccc1. The second kappa shape index (κ2) is 12.1. The summed E-state index contributed by atoms with van der Waals surface area (Å²) in [6.07, 6.45) is 3.65. The highest BCUT2D eigenvalue weighted by molar-refractivity contribution is 8.13. The first-order valence-corrected chi connectivity index (χ1v) is 13.7. The third-order valence-corrected chi connectivity index (χ3v) is 6.20. The molecule has 0 aromatic heterocycles. The van der Waals surface area contributed by atoms with E-state index in [4.69, 9.17) is 4.74 Å². The van der Waals surface area contributed by atoms with E-state index < -0.39 is 14.2 Å². The second-order valence-electron chi connectivity index (χ2n) is 7.40. The van der Waals surface area contributed by atoms with Crippen LogP contribution in [0.4, 0.5) is 0 Å². The predicted molar refractivity (Wildman–Crippen MR) is 111 cm³/mol. The number of hydrogen-bond donors (Lipinski definition) is 1. The van der Waals surface area contributed by atoms with Crippen molar-refractivity contribution in [1.82, 2.24) is 0 Å². The summed E-state index contributed by atoms with van der Waals surface area (Å²) < 4.78 is 5.16. The Morgan fingerprint density at radius 2 is 1.92 bits per heavy atom. The highest BCUT2D eigenvalue weighted by Crippen LogP contribution is 2.11. The lowest BCUT2D eigenvalue weighted by Gasteiger charge is -2.15. The fourth-order valence-corrected chi connectivity index (χ4v) is 3.54. The van der Waals surface area contributed by atoms with Crippen molar-refractivity contribution < 1.29 is 19.4 Å². The molecule has 0 unspecified atom stereocenters. The van der Waals surface area contributed by atoms with E-state index in [0.29, 0.717) is 25.2 Å². The van der Waals surface area contributed by atoms with Crippen LogP contribution in [0.25, 0.3) is 0 Å². The number of rotatable bonds is 11. The van der Waals surface area contributed by atoms with Gasteiger partial charge in [0.25, 0.3) is 0 Å². The van der Waals surface area contributed by atoms with Gasteiger partial charge in [-0.25, -0.2) is 0 Å². The van der Waals surface area contributed by atoms with Crippen molar-refractivity contribution >= 4 is 30.9 Å². The first-order valence-electron chi connectivity index (χ1n) is 8.96. The van der Waals surface area contributed by atoms with Crippen LogP contribution in [-0.2, 0) is 20.7 Å². The van der Waals surface area contributed by atoms with Gasteiger partial charge in [-0.15, -0.1) is 0 Å². The number of carbonyl (C=O) groups excluding carboxylic acids is 2. The number of carbonyl (C=O) groups is 2. The van der Waals surface area contributed by atoms with Gasteiger partial charge in [-0.3, -0.25) is 9.59 Å². The summed E-state index contributed by atoms with van der Waals surface area (Å²) in [7, 11) is -1.21. The van der Waals surface area contributed by atoms with E-state index in [1.54, 1.807) is 6.08 Å². The molecule has 0 saturated heterocycles. The first-order chi connectivity index (χ1) is 12.3. The Balaban J connectivity index is 2.13. The number of thioether (sulfide) groups is 1. The zero-order valence-electron chi connectivity index (χ0n) is 15.9. The normalized spacial score (nSPS) is 12.9. The Kier molecular flexibility index (Phi) is 10.5. The van der Waals surface area contributed by atoms with Crippen LogP contribution in [0.5, 0.6) is 0 Å².